The van der Waals surface area contributed by atoms with Gasteiger partial charge in [-0.05, 0) is 30.7 Å². The number of ether oxygens (including phenoxy) is 1. The number of guanidine groups is 1. The Labute approximate surface area is 164 Å². The van der Waals surface area contributed by atoms with Gasteiger partial charge in [0.05, 0.1) is 24.7 Å². The third kappa shape index (κ3) is 6.03. The molecule has 1 aliphatic rings. The maximum Gasteiger partial charge on any atom is 0.240 e. The van der Waals surface area contributed by atoms with Gasteiger partial charge in [0.15, 0.2) is 5.96 Å². The van der Waals surface area contributed by atoms with E-state index in [1.807, 2.05) is 4.90 Å². The zero-order valence-electron chi connectivity index (χ0n) is 13.4. The molecule has 1 aliphatic heterocycles. The molecule has 0 saturated carbocycles. The number of hydrogen-bond donors (Lipinski definition) is 2. The number of benzene rings is 1. The highest BCUT2D eigenvalue weighted by molar-refractivity contribution is 14.0. The Morgan fingerprint density at radius 2 is 2.08 bits per heavy atom. The second-order valence-corrected chi connectivity index (χ2v) is 7.32. The quantitative estimate of drug-likeness (QED) is 0.281. The minimum atomic E-state index is -3.58. The summed E-state index contributed by atoms with van der Waals surface area (Å²) in [5.41, 5.74) is 6.48. The molecule has 24 heavy (non-hydrogen) atoms. The lowest BCUT2D eigenvalue weighted by Crippen LogP contribution is -2.45. The van der Waals surface area contributed by atoms with Crippen LogP contribution in [0.2, 0.25) is 5.02 Å². The third-order valence-electron chi connectivity index (χ3n) is 3.44. The van der Waals surface area contributed by atoms with Crippen molar-refractivity contribution >= 4 is 51.6 Å². The zero-order valence-corrected chi connectivity index (χ0v) is 17.3. The molecule has 1 aromatic carbocycles. The summed E-state index contributed by atoms with van der Waals surface area (Å²) in [6.45, 7) is 4.80. The van der Waals surface area contributed by atoms with Crippen molar-refractivity contribution in [3.05, 3.63) is 28.8 Å². The summed E-state index contributed by atoms with van der Waals surface area (Å²) in [6.07, 6.45) is 0. The predicted octanol–water partition coefficient (Wildman–Crippen LogP) is 1.19. The van der Waals surface area contributed by atoms with E-state index >= 15 is 0 Å². The van der Waals surface area contributed by atoms with Gasteiger partial charge >= 0.3 is 0 Å². The highest BCUT2D eigenvalue weighted by Crippen LogP contribution is 2.19. The maximum absolute atomic E-state index is 12.2. The SMILES string of the molecule is Cc1cc(Cl)ccc1S(=O)(=O)NCCN=C(N)N1CCOCC1.I. The van der Waals surface area contributed by atoms with Gasteiger partial charge in [0.25, 0.3) is 0 Å². The molecule has 1 saturated heterocycles. The van der Waals surface area contributed by atoms with Crippen molar-refractivity contribution in [3.63, 3.8) is 0 Å². The van der Waals surface area contributed by atoms with Crippen LogP contribution in [0.25, 0.3) is 0 Å². The molecule has 7 nitrogen and oxygen atoms in total. The van der Waals surface area contributed by atoms with Crippen LogP contribution in [0, 0.1) is 6.92 Å². The number of nitrogens with zero attached hydrogens (tertiary/aromatic N) is 2. The lowest BCUT2D eigenvalue weighted by molar-refractivity contribution is 0.0674. The van der Waals surface area contributed by atoms with Gasteiger partial charge in [-0.1, -0.05) is 11.6 Å². The lowest BCUT2D eigenvalue weighted by Gasteiger charge is -2.27. The van der Waals surface area contributed by atoms with Crippen LogP contribution in [0.3, 0.4) is 0 Å². The number of aliphatic imine (C=N–C) groups is 1. The van der Waals surface area contributed by atoms with Crippen molar-refractivity contribution in [1.82, 2.24) is 9.62 Å². The molecule has 3 N–H and O–H groups in total. The van der Waals surface area contributed by atoms with Gasteiger partial charge < -0.3 is 15.4 Å². The molecule has 10 heteroatoms. The molecule has 136 valence electrons. The number of sulfonamides is 1. The minimum absolute atomic E-state index is 0. The van der Waals surface area contributed by atoms with Crippen molar-refractivity contribution in [2.24, 2.45) is 10.7 Å². The number of morpholine rings is 1. The smallest absolute Gasteiger partial charge is 0.240 e. The van der Waals surface area contributed by atoms with E-state index in [9.17, 15) is 8.42 Å². The third-order valence-corrected chi connectivity index (χ3v) is 5.30. The fourth-order valence-electron chi connectivity index (χ4n) is 2.23. The molecular weight excluding hydrogens is 467 g/mol. The van der Waals surface area contributed by atoms with E-state index in [0.29, 0.717) is 42.8 Å². The summed E-state index contributed by atoms with van der Waals surface area (Å²) in [4.78, 5) is 6.33. The summed E-state index contributed by atoms with van der Waals surface area (Å²) >= 11 is 5.84. The highest BCUT2D eigenvalue weighted by Gasteiger charge is 2.16. The van der Waals surface area contributed by atoms with E-state index in [0.717, 1.165) is 0 Å². The van der Waals surface area contributed by atoms with E-state index in [2.05, 4.69) is 9.71 Å². The summed E-state index contributed by atoms with van der Waals surface area (Å²) in [6, 6.07) is 4.66. The summed E-state index contributed by atoms with van der Waals surface area (Å²) in [5, 5.41) is 0.504. The first-order valence-corrected chi connectivity index (χ1v) is 9.15. The number of aryl methyl sites for hydroxylation is 1. The van der Waals surface area contributed by atoms with Crippen LogP contribution in [0.15, 0.2) is 28.1 Å². The first-order chi connectivity index (χ1) is 10.9. The van der Waals surface area contributed by atoms with Crippen LogP contribution < -0.4 is 10.5 Å². The molecule has 0 spiro atoms. The minimum Gasteiger partial charge on any atom is -0.378 e. The Kier molecular flexibility index (Phi) is 8.71. The number of rotatable bonds is 5. The molecule has 1 aromatic rings. The Morgan fingerprint density at radius 3 is 2.71 bits per heavy atom. The van der Waals surface area contributed by atoms with E-state index in [1.54, 1.807) is 19.1 Å². The average molecular weight is 489 g/mol. The van der Waals surface area contributed by atoms with E-state index in [1.165, 1.54) is 6.07 Å². The Hall–Kier alpha value is -0.620. The number of hydrogen-bond acceptors (Lipinski definition) is 4. The van der Waals surface area contributed by atoms with E-state index in [-0.39, 0.29) is 42.0 Å². The summed E-state index contributed by atoms with van der Waals surface area (Å²) in [5.74, 6) is 0.412. The van der Waals surface area contributed by atoms with Crippen LogP contribution >= 0.6 is 35.6 Å². The van der Waals surface area contributed by atoms with Crippen LogP contribution in [0.5, 0.6) is 0 Å². The Balaban J connectivity index is 0.00000288. The molecule has 0 unspecified atom stereocenters. The number of nitrogens with one attached hydrogen (secondary N) is 1. The van der Waals surface area contributed by atoms with Crippen molar-refractivity contribution in [3.8, 4) is 0 Å². The molecule has 2 rings (SSSR count). The lowest BCUT2D eigenvalue weighted by atomic mass is 10.2. The topological polar surface area (TPSA) is 97.0 Å². The van der Waals surface area contributed by atoms with Gasteiger partial charge in [0.1, 0.15) is 0 Å². The second-order valence-electron chi connectivity index (χ2n) is 5.15. The van der Waals surface area contributed by atoms with Crippen molar-refractivity contribution in [1.29, 1.82) is 0 Å². The van der Waals surface area contributed by atoms with Gasteiger partial charge in [0.2, 0.25) is 10.0 Å². The first-order valence-electron chi connectivity index (χ1n) is 7.28. The summed E-state index contributed by atoms with van der Waals surface area (Å²) < 4.78 is 32.3. The van der Waals surface area contributed by atoms with Gasteiger partial charge in [-0.25, -0.2) is 13.1 Å². The van der Waals surface area contributed by atoms with Gasteiger partial charge in [-0.15, -0.1) is 24.0 Å². The van der Waals surface area contributed by atoms with Gasteiger partial charge in [0, 0.05) is 24.7 Å². The molecule has 0 atom stereocenters. The molecule has 1 heterocycles. The van der Waals surface area contributed by atoms with Crippen LogP contribution in [0.4, 0.5) is 0 Å². The zero-order chi connectivity index (χ0) is 16.9. The first kappa shape index (κ1) is 21.4. The molecular formula is C14H22ClIN4O3S. The Bertz CT molecular complexity index is 679. The average Bonchev–Trinajstić information content (AvgIpc) is 2.52. The van der Waals surface area contributed by atoms with Crippen molar-refractivity contribution < 1.29 is 13.2 Å². The van der Waals surface area contributed by atoms with E-state index < -0.39 is 10.0 Å². The molecule has 0 bridgehead atoms. The molecule has 0 aromatic heterocycles. The molecule has 0 amide bonds. The van der Waals surface area contributed by atoms with Crippen molar-refractivity contribution in [2.75, 3.05) is 39.4 Å². The predicted molar refractivity (Wildman–Crippen MR) is 106 cm³/mol. The van der Waals surface area contributed by atoms with Crippen LogP contribution in [0.1, 0.15) is 5.56 Å². The van der Waals surface area contributed by atoms with Gasteiger partial charge in [-0.3, -0.25) is 4.99 Å². The maximum atomic E-state index is 12.2. The number of halogens is 2. The van der Waals surface area contributed by atoms with Gasteiger partial charge in [-0.2, -0.15) is 0 Å². The highest BCUT2D eigenvalue weighted by atomic mass is 127. The van der Waals surface area contributed by atoms with Crippen LogP contribution in [-0.4, -0.2) is 58.7 Å². The fraction of sp³-hybridized carbons (Fsp3) is 0.500. The monoisotopic (exact) mass is 488 g/mol. The van der Waals surface area contributed by atoms with E-state index in [4.69, 9.17) is 22.1 Å². The molecule has 0 aliphatic carbocycles. The number of nitrogens with two attached hydrogens (primary N) is 1. The molecule has 0 radical (unpaired) electrons. The largest absolute Gasteiger partial charge is 0.378 e. The van der Waals surface area contributed by atoms with Crippen molar-refractivity contribution in [2.45, 2.75) is 11.8 Å². The van der Waals surface area contributed by atoms with Crippen LogP contribution in [-0.2, 0) is 14.8 Å². The fourth-order valence-corrected chi connectivity index (χ4v) is 3.71. The molecule has 1 fully saturated rings. The second kappa shape index (κ2) is 9.76. The normalized spacial score (nSPS) is 15.9. The Morgan fingerprint density at radius 1 is 1.42 bits per heavy atom. The standard InChI is InChI=1S/C14H21ClN4O3S.HI/c1-11-10-12(15)2-3-13(11)23(20,21)18-5-4-17-14(16)19-6-8-22-9-7-19;/h2-3,10,18H,4-9H2,1H3,(H2,16,17);1H. The summed E-state index contributed by atoms with van der Waals surface area (Å²) in [7, 11) is -3.58.